The molecule has 0 atom stereocenters. The Morgan fingerprint density at radius 2 is 2.15 bits per heavy atom. The third-order valence-corrected chi connectivity index (χ3v) is 2.89. The number of hydrogen-bond donors (Lipinski definition) is 2. The quantitative estimate of drug-likeness (QED) is 0.837. The summed E-state index contributed by atoms with van der Waals surface area (Å²) in [6.07, 6.45) is 0. The van der Waals surface area contributed by atoms with Crippen LogP contribution < -0.4 is 15.8 Å². The first kappa shape index (κ1) is 13.9. The van der Waals surface area contributed by atoms with Gasteiger partial charge in [-0.2, -0.15) is 0 Å². The van der Waals surface area contributed by atoms with Crippen LogP contribution in [0.2, 0.25) is 0 Å². The Morgan fingerprint density at radius 3 is 2.75 bits per heavy atom. The molecular formula is C14H17N3O3. The third kappa shape index (κ3) is 2.90. The summed E-state index contributed by atoms with van der Waals surface area (Å²) >= 11 is 0. The lowest BCUT2D eigenvalue weighted by atomic mass is 10.1. The number of anilines is 2. The molecule has 1 aromatic carbocycles. The first-order chi connectivity index (χ1) is 9.51. The Hall–Kier alpha value is -2.50. The van der Waals surface area contributed by atoms with E-state index in [1.165, 1.54) is 0 Å². The van der Waals surface area contributed by atoms with Crippen LogP contribution in [-0.4, -0.2) is 17.7 Å². The summed E-state index contributed by atoms with van der Waals surface area (Å²) in [6, 6.07) is 4.88. The van der Waals surface area contributed by atoms with Crippen LogP contribution in [-0.2, 0) is 0 Å². The van der Waals surface area contributed by atoms with Crippen molar-refractivity contribution in [2.75, 3.05) is 17.7 Å². The van der Waals surface area contributed by atoms with E-state index in [0.29, 0.717) is 29.5 Å². The smallest absolute Gasteiger partial charge is 0.258 e. The topological polar surface area (TPSA) is 90.4 Å². The minimum atomic E-state index is -0.322. The first-order valence-electron chi connectivity index (χ1n) is 6.29. The van der Waals surface area contributed by atoms with E-state index in [4.69, 9.17) is 15.0 Å². The zero-order valence-corrected chi connectivity index (χ0v) is 11.7. The number of rotatable bonds is 4. The van der Waals surface area contributed by atoms with Gasteiger partial charge in [-0.15, -0.1) is 0 Å². The van der Waals surface area contributed by atoms with Gasteiger partial charge in [0.05, 0.1) is 12.3 Å². The van der Waals surface area contributed by atoms with E-state index in [-0.39, 0.29) is 5.91 Å². The van der Waals surface area contributed by atoms with Crippen LogP contribution in [0.4, 0.5) is 11.6 Å². The van der Waals surface area contributed by atoms with Crippen LogP contribution >= 0.6 is 0 Å². The normalized spacial score (nSPS) is 10.3. The van der Waals surface area contributed by atoms with Crippen molar-refractivity contribution in [3.63, 3.8) is 0 Å². The number of nitrogens with zero attached hydrogens (tertiary/aromatic N) is 1. The molecule has 0 unspecified atom stereocenters. The molecule has 0 spiro atoms. The van der Waals surface area contributed by atoms with E-state index in [2.05, 4.69) is 10.5 Å². The fraction of sp³-hybridized carbons (Fsp3) is 0.286. The fourth-order valence-electron chi connectivity index (χ4n) is 1.71. The minimum absolute atomic E-state index is 0.322. The van der Waals surface area contributed by atoms with Crippen LogP contribution in [0.1, 0.15) is 28.5 Å². The number of carbonyl (C=O) groups is 1. The fourth-order valence-corrected chi connectivity index (χ4v) is 1.71. The molecule has 0 saturated carbocycles. The van der Waals surface area contributed by atoms with Crippen molar-refractivity contribution in [2.45, 2.75) is 20.8 Å². The first-order valence-corrected chi connectivity index (χ1v) is 6.29. The molecule has 2 rings (SSSR count). The molecule has 0 fully saturated rings. The molecule has 6 heteroatoms. The Labute approximate surface area is 116 Å². The lowest BCUT2D eigenvalue weighted by Gasteiger charge is -2.08. The van der Waals surface area contributed by atoms with E-state index >= 15 is 0 Å². The molecule has 106 valence electrons. The number of aryl methyl sites for hydroxylation is 1. The van der Waals surface area contributed by atoms with Gasteiger partial charge in [-0.3, -0.25) is 10.1 Å². The number of hydrogen-bond acceptors (Lipinski definition) is 5. The maximum atomic E-state index is 12.2. The maximum Gasteiger partial charge on any atom is 0.258 e. The molecule has 0 aliphatic carbocycles. The molecule has 1 amide bonds. The molecule has 1 heterocycles. The van der Waals surface area contributed by atoms with E-state index in [1.54, 1.807) is 18.2 Å². The number of nitrogen functional groups attached to an aromatic ring is 1. The summed E-state index contributed by atoms with van der Waals surface area (Å²) in [7, 11) is 0. The summed E-state index contributed by atoms with van der Waals surface area (Å²) in [5.41, 5.74) is 8.17. The van der Waals surface area contributed by atoms with Crippen molar-refractivity contribution in [1.29, 1.82) is 0 Å². The molecule has 6 nitrogen and oxygen atoms in total. The van der Waals surface area contributed by atoms with Crippen molar-refractivity contribution in [2.24, 2.45) is 0 Å². The van der Waals surface area contributed by atoms with E-state index < -0.39 is 0 Å². The highest BCUT2D eigenvalue weighted by Crippen LogP contribution is 2.22. The molecule has 0 aliphatic heterocycles. The molecule has 0 radical (unpaired) electrons. The Bertz CT molecular complexity index is 635. The van der Waals surface area contributed by atoms with E-state index in [9.17, 15) is 4.79 Å². The van der Waals surface area contributed by atoms with Gasteiger partial charge in [0.2, 0.25) is 5.88 Å². The maximum absolute atomic E-state index is 12.2. The van der Waals surface area contributed by atoms with E-state index in [0.717, 1.165) is 11.3 Å². The minimum Gasteiger partial charge on any atom is -0.494 e. The van der Waals surface area contributed by atoms with E-state index in [1.807, 2.05) is 20.8 Å². The van der Waals surface area contributed by atoms with Gasteiger partial charge in [-0.25, -0.2) is 0 Å². The van der Waals surface area contributed by atoms with Crippen molar-refractivity contribution >= 4 is 17.5 Å². The van der Waals surface area contributed by atoms with Crippen LogP contribution in [0.25, 0.3) is 0 Å². The average molecular weight is 275 g/mol. The lowest BCUT2D eigenvalue weighted by Crippen LogP contribution is -2.12. The standard InChI is InChI=1S/C14H17N3O3/c1-4-19-12-6-10(5-11(15)7-12)13(18)16-14-8(2)9(3)17-20-14/h5-7H,4,15H2,1-3H3,(H,16,18). The highest BCUT2D eigenvalue weighted by atomic mass is 16.5. The number of ether oxygens (including phenoxy) is 1. The Morgan fingerprint density at radius 1 is 1.40 bits per heavy atom. The third-order valence-electron chi connectivity index (χ3n) is 2.89. The van der Waals surface area contributed by atoms with Gasteiger partial charge in [0.25, 0.3) is 5.91 Å². The number of nitrogens with one attached hydrogen (secondary N) is 1. The van der Waals surface area contributed by atoms with Gasteiger partial charge >= 0.3 is 0 Å². The van der Waals surface area contributed by atoms with Crippen LogP contribution in [0.15, 0.2) is 22.7 Å². The van der Waals surface area contributed by atoms with Gasteiger partial charge in [0.15, 0.2) is 0 Å². The van der Waals surface area contributed by atoms with Crippen LogP contribution in [0.3, 0.4) is 0 Å². The molecule has 2 aromatic rings. The highest BCUT2D eigenvalue weighted by Gasteiger charge is 2.14. The molecule has 3 N–H and O–H groups in total. The molecule has 0 bridgehead atoms. The second-order valence-electron chi connectivity index (χ2n) is 4.40. The monoisotopic (exact) mass is 275 g/mol. The zero-order valence-electron chi connectivity index (χ0n) is 11.7. The predicted octanol–water partition coefficient (Wildman–Crippen LogP) is 2.52. The number of carbonyl (C=O) groups excluding carboxylic acids is 1. The van der Waals surface area contributed by atoms with Crippen molar-refractivity contribution in [3.8, 4) is 5.75 Å². The van der Waals surface area contributed by atoms with Gasteiger partial charge in [0, 0.05) is 22.9 Å². The number of aromatic nitrogens is 1. The summed E-state index contributed by atoms with van der Waals surface area (Å²) in [5, 5.41) is 6.45. The number of nitrogens with two attached hydrogens (primary N) is 1. The Kier molecular flexibility index (Phi) is 3.93. The Balaban J connectivity index is 2.22. The molecular weight excluding hydrogens is 258 g/mol. The van der Waals surface area contributed by atoms with Crippen LogP contribution in [0, 0.1) is 13.8 Å². The average Bonchev–Trinajstić information content (AvgIpc) is 2.70. The molecule has 0 saturated heterocycles. The van der Waals surface area contributed by atoms with Crippen molar-refractivity contribution < 1.29 is 14.1 Å². The van der Waals surface area contributed by atoms with Crippen molar-refractivity contribution in [1.82, 2.24) is 5.16 Å². The summed E-state index contributed by atoms with van der Waals surface area (Å²) in [5.74, 6) is 0.577. The highest BCUT2D eigenvalue weighted by molar-refractivity contribution is 6.04. The van der Waals surface area contributed by atoms with Gasteiger partial charge < -0.3 is 15.0 Å². The van der Waals surface area contributed by atoms with Gasteiger partial charge in [-0.1, -0.05) is 5.16 Å². The second kappa shape index (κ2) is 5.64. The largest absolute Gasteiger partial charge is 0.494 e. The van der Waals surface area contributed by atoms with Crippen LogP contribution in [0.5, 0.6) is 5.75 Å². The van der Waals surface area contributed by atoms with Crippen molar-refractivity contribution in [3.05, 3.63) is 35.0 Å². The predicted molar refractivity (Wildman–Crippen MR) is 76.0 cm³/mol. The van der Waals surface area contributed by atoms with Gasteiger partial charge in [0.1, 0.15) is 5.75 Å². The zero-order chi connectivity index (χ0) is 14.7. The number of amides is 1. The molecule has 0 aliphatic rings. The van der Waals surface area contributed by atoms with Gasteiger partial charge in [-0.05, 0) is 32.9 Å². The second-order valence-corrected chi connectivity index (χ2v) is 4.40. The summed E-state index contributed by atoms with van der Waals surface area (Å²) < 4.78 is 10.4. The number of benzene rings is 1. The molecule has 20 heavy (non-hydrogen) atoms. The summed E-state index contributed by atoms with van der Waals surface area (Å²) in [6.45, 7) is 6.00. The summed E-state index contributed by atoms with van der Waals surface area (Å²) in [4.78, 5) is 12.2. The SMILES string of the molecule is CCOc1cc(N)cc(C(=O)Nc2onc(C)c2C)c1. The lowest BCUT2D eigenvalue weighted by molar-refractivity contribution is 0.102. The molecule has 1 aromatic heterocycles.